The highest BCUT2D eigenvalue weighted by molar-refractivity contribution is 9.10. The molecule has 0 aliphatic rings. The van der Waals surface area contributed by atoms with E-state index in [1.165, 1.54) is 6.42 Å². The summed E-state index contributed by atoms with van der Waals surface area (Å²) in [6.07, 6.45) is 1.93. The van der Waals surface area contributed by atoms with Gasteiger partial charge in [0.25, 0.3) is 0 Å². The van der Waals surface area contributed by atoms with E-state index in [1.54, 1.807) is 25.1 Å². The molecule has 0 fully saturated rings. The van der Waals surface area contributed by atoms with Crippen LogP contribution in [0.15, 0.2) is 22.7 Å². The van der Waals surface area contributed by atoms with Crippen molar-refractivity contribution in [3.63, 3.8) is 0 Å². The number of carbonyl (C=O) groups excluding carboxylic acids is 2. The summed E-state index contributed by atoms with van der Waals surface area (Å²) in [6.45, 7) is 1.57. The third kappa shape index (κ3) is 2.67. The van der Waals surface area contributed by atoms with E-state index in [0.717, 1.165) is 4.47 Å². The van der Waals surface area contributed by atoms with E-state index >= 15 is 0 Å². The van der Waals surface area contributed by atoms with E-state index in [0.29, 0.717) is 11.8 Å². The van der Waals surface area contributed by atoms with Crippen LogP contribution in [0.2, 0.25) is 0 Å². The van der Waals surface area contributed by atoms with E-state index in [9.17, 15) is 9.59 Å². The normalized spacial score (nSPS) is 9.57. The minimum Gasteiger partial charge on any atom is -0.426 e. The number of hydrogen-bond acceptors (Lipinski definition) is 3. The summed E-state index contributed by atoms with van der Waals surface area (Å²) >= 11 is 3.21. The van der Waals surface area contributed by atoms with Gasteiger partial charge in [0.05, 0.1) is 12.0 Å². The average molecular weight is 256 g/mol. The fraction of sp³-hybridized carbons (Fsp3) is 0.100. The Balaban J connectivity index is 2.96. The van der Waals surface area contributed by atoms with Gasteiger partial charge in [0.1, 0.15) is 5.75 Å². The van der Waals surface area contributed by atoms with Crippen LogP contribution in [0.25, 0.3) is 0 Å². The van der Waals surface area contributed by atoms with Gasteiger partial charge in [-0.15, -0.1) is 0 Å². The molecule has 0 atom stereocenters. The van der Waals surface area contributed by atoms with Crippen LogP contribution in [0, 0.1) is 6.42 Å². The maximum atomic E-state index is 10.9. The summed E-state index contributed by atoms with van der Waals surface area (Å²) in [5.74, 6) is -0.207. The standard InChI is InChI=1S/C10H8BrO3/c1-2-10(13)14-9-4-3-8(11)5-7(9)6-12/h2-6H,1H3. The Labute approximate surface area is 90.2 Å². The second kappa shape index (κ2) is 4.91. The molecule has 0 heterocycles. The lowest BCUT2D eigenvalue weighted by Crippen LogP contribution is -2.07. The van der Waals surface area contributed by atoms with Gasteiger partial charge in [0.2, 0.25) is 0 Å². The molecule has 0 saturated heterocycles. The highest BCUT2D eigenvalue weighted by atomic mass is 79.9. The third-order valence-corrected chi connectivity index (χ3v) is 2.04. The Morgan fingerprint density at radius 3 is 2.79 bits per heavy atom. The van der Waals surface area contributed by atoms with E-state index in [1.807, 2.05) is 0 Å². The summed E-state index contributed by atoms with van der Waals surface area (Å²) in [5, 5.41) is 0. The second-order valence-electron chi connectivity index (χ2n) is 2.51. The summed E-state index contributed by atoms with van der Waals surface area (Å²) in [7, 11) is 0. The van der Waals surface area contributed by atoms with Crippen LogP contribution in [0.5, 0.6) is 5.75 Å². The van der Waals surface area contributed by atoms with Crippen molar-refractivity contribution in [1.29, 1.82) is 0 Å². The van der Waals surface area contributed by atoms with Crippen LogP contribution in [0.3, 0.4) is 0 Å². The monoisotopic (exact) mass is 255 g/mol. The predicted octanol–water partition coefficient (Wildman–Crippen LogP) is 2.39. The molecular formula is C10H8BrO3. The van der Waals surface area contributed by atoms with Crippen LogP contribution in [-0.2, 0) is 4.79 Å². The Bertz CT molecular complexity index is 360. The smallest absolute Gasteiger partial charge is 0.314 e. The number of hydrogen-bond donors (Lipinski definition) is 0. The van der Waals surface area contributed by atoms with Crippen molar-refractivity contribution in [2.75, 3.05) is 0 Å². The van der Waals surface area contributed by atoms with Crippen molar-refractivity contribution >= 4 is 28.2 Å². The molecule has 0 N–H and O–H groups in total. The molecule has 0 saturated carbocycles. The number of esters is 1. The molecule has 0 amide bonds. The van der Waals surface area contributed by atoms with Crippen LogP contribution < -0.4 is 4.74 Å². The number of rotatable bonds is 3. The molecule has 14 heavy (non-hydrogen) atoms. The zero-order valence-corrected chi connectivity index (χ0v) is 9.08. The summed E-state index contributed by atoms with van der Waals surface area (Å²) in [5.41, 5.74) is 0.342. The number of ether oxygens (including phenoxy) is 1. The van der Waals surface area contributed by atoms with Gasteiger partial charge in [-0.3, -0.25) is 9.59 Å². The van der Waals surface area contributed by atoms with Crippen molar-refractivity contribution < 1.29 is 14.3 Å². The molecular weight excluding hydrogens is 248 g/mol. The maximum Gasteiger partial charge on any atom is 0.314 e. The Morgan fingerprint density at radius 1 is 1.50 bits per heavy atom. The van der Waals surface area contributed by atoms with Gasteiger partial charge in [-0.25, -0.2) is 0 Å². The summed E-state index contributed by atoms with van der Waals surface area (Å²) in [4.78, 5) is 21.6. The van der Waals surface area contributed by atoms with Crippen molar-refractivity contribution in [2.24, 2.45) is 0 Å². The molecule has 0 aliphatic carbocycles. The average Bonchev–Trinajstić information content (AvgIpc) is 2.20. The first kappa shape index (κ1) is 10.9. The van der Waals surface area contributed by atoms with Crippen molar-refractivity contribution in [3.05, 3.63) is 34.7 Å². The largest absolute Gasteiger partial charge is 0.426 e. The quantitative estimate of drug-likeness (QED) is 0.473. The topological polar surface area (TPSA) is 43.4 Å². The van der Waals surface area contributed by atoms with Crippen LogP contribution >= 0.6 is 15.9 Å². The van der Waals surface area contributed by atoms with E-state index in [4.69, 9.17) is 4.74 Å². The minimum atomic E-state index is -0.476. The minimum absolute atomic E-state index is 0.270. The second-order valence-corrected chi connectivity index (χ2v) is 3.43. The fourth-order valence-electron chi connectivity index (χ4n) is 0.872. The van der Waals surface area contributed by atoms with Crippen LogP contribution in [-0.4, -0.2) is 12.3 Å². The molecule has 4 heteroatoms. The SMILES string of the molecule is C[CH]C(=O)Oc1ccc(Br)cc1C=O. The van der Waals surface area contributed by atoms with Gasteiger partial charge in [-0.1, -0.05) is 22.9 Å². The fourth-order valence-corrected chi connectivity index (χ4v) is 1.25. The zero-order valence-electron chi connectivity index (χ0n) is 7.49. The molecule has 0 spiro atoms. The summed E-state index contributed by atoms with van der Waals surface area (Å²) < 4.78 is 5.66. The molecule has 0 bridgehead atoms. The molecule has 1 aromatic carbocycles. The van der Waals surface area contributed by atoms with Crippen LogP contribution in [0.4, 0.5) is 0 Å². The van der Waals surface area contributed by atoms with E-state index < -0.39 is 5.97 Å². The maximum absolute atomic E-state index is 10.9. The number of carbonyl (C=O) groups is 2. The molecule has 1 aromatic rings. The first-order chi connectivity index (χ1) is 6.67. The Morgan fingerprint density at radius 2 is 2.21 bits per heavy atom. The van der Waals surface area contributed by atoms with E-state index in [2.05, 4.69) is 15.9 Å². The molecule has 1 radical (unpaired) electrons. The number of aldehydes is 1. The Kier molecular flexibility index (Phi) is 3.83. The van der Waals surface area contributed by atoms with Gasteiger partial charge in [0, 0.05) is 4.47 Å². The lowest BCUT2D eigenvalue weighted by Gasteiger charge is -2.04. The summed E-state index contributed by atoms with van der Waals surface area (Å²) in [6, 6.07) is 4.85. The first-order valence-corrected chi connectivity index (χ1v) is 4.72. The van der Waals surface area contributed by atoms with Crippen molar-refractivity contribution in [2.45, 2.75) is 6.92 Å². The molecule has 1 rings (SSSR count). The van der Waals surface area contributed by atoms with Crippen molar-refractivity contribution in [3.8, 4) is 5.75 Å². The van der Waals surface area contributed by atoms with E-state index in [-0.39, 0.29) is 5.75 Å². The molecule has 73 valence electrons. The molecule has 0 aromatic heterocycles. The zero-order chi connectivity index (χ0) is 10.6. The van der Waals surface area contributed by atoms with Gasteiger partial charge in [-0.05, 0) is 18.2 Å². The lowest BCUT2D eigenvalue weighted by atomic mass is 10.2. The van der Waals surface area contributed by atoms with Crippen LogP contribution in [0.1, 0.15) is 17.3 Å². The predicted molar refractivity (Wildman–Crippen MR) is 55.1 cm³/mol. The third-order valence-electron chi connectivity index (χ3n) is 1.55. The molecule has 0 aliphatic heterocycles. The van der Waals surface area contributed by atoms with Gasteiger partial charge < -0.3 is 4.74 Å². The Hall–Kier alpha value is -1.16. The van der Waals surface area contributed by atoms with Gasteiger partial charge >= 0.3 is 5.97 Å². The lowest BCUT2D eigenvalue weighted by molar-refractivity contribution is -0.130. The van der Waals surface area contributed by atoms with Gasteiger partial charge in [0.15, 0.2) is 6.29 Å². The molecule has 3 nitrogen and oxygen atoms in total. The number of benzene rings is 1. The van der Waals surface area contributed by atoms with Gasteiger partial charge in [-0.2, -0.15) is 0 Å². The number of halogens is 1. The molecule has 0 unspecified atom stereocenters. The highest BCUT2D eigenvalue weighted by Gasteiger charge is 2.07. The highest BCUT2D eigenvalue weighted by Crippen LogP contribution is 2.21. The first-order valence-electron chi connectivity index (χ1n) is 3.93. The van der Waals surface area contributed by atoms with Crippen molar-refractivity contribution in [1.82, 2.24) is 0 Å².